The van der Waals surface area contributed by atoms with Crippen LogP contribution in [-0.4, -0.2) is 24.0 Å². The van der Waals surface area contributed by atoms with Crippen LogP contribution in [0.4, 0.5) is 0 Å². The number of ether oxygens (including phenoxy) is 2. The maximum atomic E-state index is 6.21. The van der Waals surface area contributed by atoms with Crippen LogP contribution in [0.3, 0.4) is 0 Å². The Morgan fingerprint density at radius 1 is 1.21 bits per heavy atom. The summed E-state index contributed by atoms with van der Waals surface area (Å²) in [6.45, 7) is 2.64. The van der Waals surface area contributed by atoms with E-state index in [2.05, 4.69) is 5.10 Å². The van der Waals surface area contributed by atoms with Gasteiger partial charge in [-0.2, -0.15) is 5.10 Å². The topological polar surface area (TPSA) is 62.3 Å². The first kappa shape index (κ1) is 13.4. The zero-order valence-corrected chi connectivity index (χ0v) is 11.5. The van der Waals surface area contributed by atoms with Crippen molar-refractivity contribution in [1.82, 2.24) is 9.78 Å². The maximum absolute atomic E-state index is 6.21. The minimum absolute atomic E-state index is 0.140. The van der Waals surface area contributed by atoms with Crippen LogP contribution >= 0.6 is 0 Å². The van der Waals surface area contributed by atoms with E-state index in [0.717, 1.165) is 11.3 Å². The molecule has 1 heterocycles. The molecule has 5 nitrogen and oxygen atoms in total. The third-order valence-electron chi connectivity index (χ3n) is 3.13. The summed E-state index contributed by atoms with van der Waals surface area (Å²) in [5.41, 5.74) is 8.30. The molecule has 2 N–H and O–H groups in total. The first-order chi connectivity index (χ1) is 9.15. The van der Waals surface area contributed by atoms with Gasteiger partial charge in [0.25, 0.3) is 0 Å². The molecule has 2 aromatic rings. The van der Waals surface area contributed by atoms with E-state index in [1.54, 1.807) is 20.4 Å². The second kappa shape index (κ2) is 5.75. The van der Waals surface area contributed by atoms with Gasteiger partial charge in [-0.3, -0.25) is 4.68 Å². The Morgan fingerprint density at radius 3 is 2.53 bits per heavy atom. The van der Waals surface area contributed by atoms with Crippen LogP contribution in [-0.2, 0) is 6.54 Å². The molecule has 0 bridgehead atoms. The Labute approximate surface area is 112 Å². The van der Waals surface area contributed by atoms with Gasteiger partial charge in [0.1, 0.15) is 0 Å². The Hall–Kier alpha value is -2.01. The molecule has 0 aliphatic carbocycles. The van der Waals surface area contributed by atoms with Crippen molar-refractivity contribution in [2.24, 2.45) is 5.73 Å². The lowest BCUT2D eigenvalue weighted by molar-refractivity contribution is 0.354. The lowest BCUT2D eigenvalue weighted by Gasteiger charge is -2.15. The van der Waals surface area contributed by atoms with Crippen molar-refractivity contribution < 1.29 is 9.47 Å². The highest BCUT2D eigenvalue weighted by Gasteiger charge is 2.12. The first-order valence-corrected chi connectivity index (χ1v) is 6.11. The minimum Gasteiger partial charge on any atom is -0.493 e. The van der Waals surface area contributed by atoms with Gasteiger partial charge in [-0.05, 0) is 30.7 Å². The van der Waals surface area contributed by atoms with Crippen molar-refractivity contribution >= 4 is 0 Å². The molecule has 1 unspecified atom stereocenters. The van der Waals surface area contributed by atoms with Gasteiger partial charge in [-0.15, -0.1) is 0 Å². The molecule has 1 aromatic heterocycles. The molecule has 1 atom stereocenters. The van der Waals surface area contributed by atoms with E-state index in [9.17, 15) is 0 Å². The number of aryl methyl sites for hydroxylation is 1. The number of hydrogen-bond acceptors (Lipinski definition) is 4. The van der Waals surface area contributed by atoms with Crippen LogP contribution in [0.25, 0.3) is 0 Å². The van der Waals surface area contributed by atoms with E-state index >= 15 is 0 Å². The molecule has 0 amide bonds. The molecule has 0 aliphatic rings. The van der Waals surface area contributed by atoms with Gasteiger partial charge in [0, 0.05) is 17.9 Å². The summed E-state index contributed by atoms with van der Waals surface area (Å²) in [7, 11) is 3.23. The normalized spacial score (nSPS) is 12.2. The highest BCUT2D eigenvalue weighted by molar-refractivity contribution is 5.43. The molecule has 5 heteroatoms. The van der Waals surface area contributed by atoms with E-state index in [1.807, 2.05) is 35.9 Å². The monoisotopic (exact) mass is 261 g/mol. The number of methoxy groups -OCH3 is 2. The molecule has 2 rings (SSSR count). The van der Waals surface area contributed by atoms with Crippen LogP contribution in [0, 0.1) is 6.92 Å². The molecule has 1 aromatic carbocycles. The summed E-state index contributed by atoms with van der Waals surface area (Å²) >= 11 is 0. The van der Waals surface area contributed by atoms with Crippen LogP contribution in [0.1, 0.15) is 17.3 Å². The van der Waals surface area contributed by atoms with Crippen molar-refractivity contribution in [3.8, 4) is 11.5 Å². The quantitative estimate of drug-likeness (QED) is 0.893. The maximum Gasteiger partial charge on any atom is 0.161 e. The van der Waals surface area contributed by atoms with Crippen molar-refractivity contribution in [1.29, 1.82) is 0 Å². The van der Waals surface area contributed by atoms with Gasteiger partial charge >= 0.3 is 0 Å². The van der Waals surface area contributed by atoms with Crippen LogP contribution in [0.5, 0.6) is 11.5 Å². The number of hydrogen-bond donors (Lipinski definition) is 1. The van der Waals surface area contributed by atoms with E-state index in [4.69, 9.17) is 15.2 Å². The van der Waals surface area contributed by atoms with Gasteiger partial charge < -0.3 is 15.2 Å². The van der Waals surface area contributed by atoms with Crippen molar-refractivity contribution in [3.05, 3.63) is 41.7 Å². The Bertz CT molecular complexity index is 551. The van der Waals surface area contributed by atoms with Crippen molar-refractivity contribution in [3.63, 3.8) is 0 Å². The summed E-state index contributed by atoms with van der Waals surface area (Å²) in [5, 5.41) is 4.24. The number of rotatable bonds is 5. The Balaban J connectivity index is 2.19. The van der Waals surface area contributed by atoms with Crippen molar-refractivity contribution in [2.75, 3.05) is 14.2 Å². The second-order valence-electron chi connectivity index (χ2n) is 4.38. The van der Waals surface area contributed by atoms with Gasteiger partial charge in [-0.25, -0.2) is 0 Å². The zero-order chi connectivity index (χ0) is 13.8. The molecule has 19 heavy (non-hydrogen) atoms. The summed E-state index contributed by atoms with van der Waals surface area (Å²) < 4.78 is 12.4. The fourth-order valence-corrected chi connectivity index (χ4v) is 1.97. The van der Waals surface area contributed by atoms with E-state index in [0.29, 0.717) is 18.0 Å². The van der Waals surface area contributed by atoms with E-state index < -0.39 is 0 Å². The molecule has 0 fully saturated rings. The molecular weight excluding hydrogens is 242 g/mol. The number of aromatic nitrogens is 2. The lowest BCUT2D eigenvalue weighted by atomic mass is 10.1. The molecule has 0 saturated carbocycles. The third-order valence-corrected chi connectivity index (χ3v) is 3.13. The smallest absolute Gasteiger partial charge is 0.161 e. The summed E-state index contributed by atoms with van der Waals surface area (Å²) in [4.78, 5) is 0. The second-order valence-corrected chi connectivity index (χ2v) is 4.38. The SMILES string of the molecule is COc1ccc(C(N)Cn2nccc2C)cc1OC. The number of benzene rings is 1. The van der Waals surface area contributed by atoms with Gasteiger partial charge in [0.05, 0.1) is 20.8 Å². The highest BCUT2D eigenvalue weighted by atomic mass is 16.5. The summed E-state index contributed by atoms with van der Waals surface area (Å²) in [5.74, 6) is 1.39. The number of nitrogens with zero attached hydrogens (tertiary/aromatic N) is 2. The van der Waals surface area contributed by atoms with E-state index in [-0.39, 0.29) is 6.04 Å². The average Bonchev–Trinajstić information content (AvgIpc) is 2.83. The van der Waals surface area contributed by atoms with Crippen LogP contribution in [0.2, 0.25) is 0 Å². The molecule has 0 spiro atoms. The van der Waals surface area contributed by atoms with Gasteiger partial charge in [0.15, 0.2) is 11.5 Å². The van der Waals surface area contributed by atoms with Crippen LogP contribution < -0.4 is 15.2 Å². The Morgan fingerprint density at radius 2 is 1.95 bits per heavy atom. The van der Waals surface area contributed by atoms with E-state index in [1.165, 1.54) is 0 Å². The lowest BCUT2D eigenvalue weighted by Crippen LogP contribution is -2.19. The molecule has 0 aliphatic heterocycles. The largest absolute Gasteiger partial charge is 0.493 e. The standard InChI is InChI=1S/C14H19N3O2/c1-10-6-7-16-17(10)9-12(15)11-4-5-13(18-2)14(8-11)19-3/h4-8,12H,9,15H2,1-3H3. The summed E-state index contributed by atoms with van der Waals surface area (Å²) in [6, 6.07) is 7.54. The molecule has 0 radical (unpaired) electrons. The Kier molecular flexibility index (Phi) is 4.06. The van der Waals surface area contributed by atoms with Gasteiger partial charge in [0.2, 0.25) is 0 Å². The zero-order valence-electron chi connectivity index (χ0n) is 11.5. The molecule has 0 saturated heterocycles. The average molecular weight is 261 g/mol. The fraction of sp³-hybridized carbons (Fsp3) is 0.357. The van der Waals surface area contributed by atoms with Crippen LogP contribution in [0.15, 0.2) is 30.5 Å². The van der Waals surface area contributed by atoms with Gasteiger partial charge in [-0.1, -0.05) is 6.07 Å². The predicted octanol–water partition coefficient (Wildman–Crippen LogP) is 1.91. The number of nitrogens with two attached hydrogens (primary N) is 1. The fourth-order valence-electron chi connectivity index (χ4n) is 1.97. The molecular formula is C14H19N3O2. The molecule has 102 valence electrons. The highest BCUT2D eigenvalue weighted by Crippen LogP contribution is 2.29. The summed E-state index contributed by atoms with van der Waals surface area (Å²) in [6.07, 6.45) is 1.77. The minimum atomic E-state index is -0.140. The third kappa shape index (κ3) is 2.88. The predicted molar refractivity (Wildman–Crippen MR) is 73.4 cm³/mol. The van der Waals surface area contributed by atoms with Crippen molar-refractivity contribution in [2.45, 2.75) is 19.5 Å². The first-order valence-electron chi connectivity index (χ1n) is 6.11.